The van der Waals surface area contributed by atoms with Gasteiger partial charge in [-0.2, -0.15) is 0 Å². The fraction of sp³-hybridized carbons (Fsp3) is 0.836. The van der Waals surface area contributed by atoms with Crippen LogP contribution in [0.3, 0.4) is 0 Å². The highest BCUT2D eigenvalue weighted by atomic mass is 16.7. The van der Waals surface area contributed by atoms with E-state index in [4.69, 9.17) is 28.4 Å². The van der Waals surface area contributed by atoms with Crippen LogP contribution in [0.1, 0.15) is 258 Å². The predicted molar refractivity (Wildman–Crippen MR) is 326 cm³/mol. The van der Waals surface area contributed by atoms with Crippen LogP contribution in [0, 0.1) is 0 Å². The topological polar surface area (TPSA) is 214 Å². The van der Waals surface area contributed by atoms with Gasteiger partial charge < -0.3 is 64.2 Å². The van der Waals surface area contributed by atoms with E-state index in [1.165, 1.54) is 167 Å². The van der Waals surface area contributed by atoms with Crippen molar-refractivity contribution in [3.05, 3.63) is 60.8 Å². The molecule has 2 aliphatic heterocycles. The molecule has 11 atom stereocenters. The molecule has 0 aromatic rings. The molecule has 0 bridgehead atoms. The number of rotatable bonds is 54. The van der Waals surface area contributed by atoms with Gasteiger partial charge in [-0.1, -0.05) is 229 Å². The minimum Gasteiger partial charge on any atom is -0.457 e. The Kier molecular flexibility index (Phi) is 49.1. The van der Waals surface area contributed by atoms with Gasteiger partial charge >= 0.3 is 5.97 Å². The summed E-state index contributed by atoms with van der Waals surface area (Å²) in [5, 5.41) is 72.5. The van der Waals surface area contributed by atoms with Crippen molar-refractivity contribution in [1.29, 1.82) is 0 Å². The molecule has 472 valence electrons. The van der Waals surface area contributed by atoms with E-state index in [9.17, 15) is 40.5 Å². The van der Waals surface area contributed by atoms with Crippen LogP contribution in [0.15, 0.2) is 60.8 Å². The first-order valence-corrected chi connectivity index (χ1v) is 32.9. The average Bonchev–Trinajstić information content (AvgIpc) is 3.46. The number of aliphatic hydroxyl groups excluding tert-OH is 7. The summed E-state index contributed by atoms with van der Waals surface area (Å²) in [6.45, 7) is 3.69. The second-order valence-corrected chi connectivity index (χ2v) is 22.9. The molecule has 0 aliphatic carbocycles. The quantitative estimate of drug-likeness (QED) is 0.0172. The first kappa shape index (κ1) is 74.8. The lowest BCUT2D eigenvalue weighted by atomic mass is 9.98. The molecular weight excluding hydrogens is 1030 g/mol. The molecule has 2 aliphatic rings. The molecule has 2 heterocycles. The van der Waals surface area contributed by atoms with Gasteiger partial charge in [0.1, 0.15) is 54.9 Å². The SMILES string of the molecule is CCCCCCC/C=C\C/C=C\C/C=C\CCCCCCCCCCCCC(=O)OC(COCCCCCCCCCCCC/C=C\C/C=C\CCCCCCC)COC1OC(COC2OC(CO)C(O)C(O)C2O)C(O)C(O)C1O. The van der Waals surface area contributed by atoms with Gasteiger partial charge in [-0.15, -0.1) is 0 Å². The predicted octanol–water partition coefficient (Wildman–Crippen LogP) is 13.2. The molecule has 2 rings (SSSR count). The zero-order chi connectivity index (χ0) is 58.6. The Morgan fingerprint density at radius 3 is 1.20 bits per heavy atom. The number of carbonyl (C=O) groups is 1. The molecule has 14 nitrogen and oxygen atoms in total. The molecule has 0 spiro atoms. The molecule has 7 N–H and O–H groups in total. The second-order valence-electron chi connectivity index (χ2n) is 22.9. The number of esters is 1. The standard InChI is InChI=1S/C67H120O14/c1-3-5-7-9-11-13-15-17-19-21-23-25-27-28-29-30-32-34-36-38-40-42-44-46-48-50-59(69)79-56(53-76-51-49-47-45-43-41-39-37-35-33-31-26-24-22-20-18-16-14-12-10-8-6-4-2)54-77-66-65(75)63(73)61(71)58(81-66)55-78-67-64(74)62(72)60(70)57(52-68)80-67/h15-18,21-24,27-28,56-58,60-68,70-75H,3-14,19-20,25-26,29-55H2,1-2H3/b17-15-,18-16-,23-21-,24-22-,28-27-. The van der Waals surface area contributed by atoms with E-state index in [0.717, 1.165) is 64.2 Å². The van der Waals surface area contributed by atoms with E-state index >= 15 is 0 Å². The van der Waals surface area contributed by atoms with E-state index in [1.54, 1.807) is 0 Å². The number of ether oxygens (including phenoxy) is 6. The van der Waals surface area contributed by atoms with Gasteiger partial charge in [-0.3, -0.25) is 4.79 Å². The summed E-state index contributed by atoms with van der Waals surface area (Å²) in [7, 11) is 0. The maximum Gasteiger partial charge on any atom is 0.306 e. The third-order valence-corrected chi connectivity index (χ3v) is 15.5. The molecule has 11 unspecified atom stereocenters. The summed E-state index contributed by atoms with van der Waals surface area (Å²) in [5.41, 5.74) is 0. The number of aliphatic hydroxyl groups is 7. The Balaban J connectivity index is 1.67. The summed E-state index contributed by atoms with van der Waals surface area (Å²) in [5.74, 6) is -0.379. The number of hydrogen-bond donors (Lipinski definition) is 7. The monoisotopic (exact) mass is 1150 g/mol. The van der Waals surface area contributed by atoms with Crippen LogP contribution in [0.25, 0.3) is 0 Å². The van der Waals surface area contributed by atoms with Crippen LogP contribution in [0.4, 0.5) is 0 Å². The lowest BCUT2D eigenvalue weighted by Crippen LogP contribution is -2.61. The summed E-state index contributed by atoms with van der Waals surface area (Å²) in [6, 6.07) is 0. The summed E-state index contributed by atoms with van der Waals surface area (Å²) < 4.78 is 34.5. The van der Waals surface area contributed by atoms with E-state index in [0.29, 0.717) is 13.0 Å². The van der Waals surface area contributed by atoms with Crippen molar-refractivity contribution in [3.8, 4) is 0 Å². The van der Waals surface area contributed by atoms with Crippen LogP contribution < -0.4 is 0 Å². The number of allylic oxidation sites excluding steroid dienone is 10. The minimum absolute atomic E-state index is 0.0570. The third-order valence-electron chi connectivity index (χ3n) is 15.5. The fourth-order valence-electron chi connectivity index (χ4n) is 10.2. The highest BCUT2D eigenvalue weighted by molar-refractivity contribution is 5.69. The summed E-state index contributed by atoms with van der Waals surface area (Å²) in [4.78, 5) is 13.1. The van der Waals surface area contributed by atoms with E-state index in [2.05, 4.69) is 74.6 Å². The zero-order valence-corrected chi connectivity index (χ0v) is 51.0. The highest BCUT2D eigenvalue weighted by Crippen LogP contribution is 2.27. The maximum absolute atomic E-state index is 13.1. The first-order chi connectivity index (χ1) is 39.6. The van der Waals surface area contributed by atoms with Crippen molar-refractivity contribution >= 4 is 5.97 Å². The Bertz CT molecular complexity index is 1570. The molecule has 81 heavy (non-hydrogen) atoms. The average molecular weight is 1150 g/mol. The molecule has 14 heteroatoms. The van der Waals surface area contributed by atoms with Gasteiger partial charge in [-0.25, -0.2) is 0 Å². The van der Waals surface area contributed by atoms with Crippen LogP contribution >= 0.6 is 0 Å². The first-order valence-electron chi connectivity index (χ1n) is 32.9. The van der Waals surface area contributed by atoms with Crippen molar-refractivity contribution in [1.82, 2.24) is 0 Å². The molecule has 0 aromatic heterocycles. The van der Waals surface area contributed by atoms with E-state index < -0.39 is 80.7 Å². The van der Waals surface area contributed by atoms with Crippen LogP contribution in [0.2, 0.25) is 0 Å². The van der Waals surface area contributed by atoms with Gasteiger partial charge in [0, 0.05) is 13.0 Å². The van der Waals surface area contributed by atoms with Crippen molar-refractivity contribution in [3.63, 3.8) is 0 Å². The van der Waals surface area contributed by atoms with E-state index in [-0.39, 0.29) is 25.6 Å². The maximum atomic E-state index is 13.1. The molecule has 0 saturated carbocycles. The van der Waals surface area contributed by atoms with Gasteiger partial charge in [-0.05, 0) is 83.5 Å². The Hall–Kier alpha value is -2.31. The number of carbonyl (C=O) groups excluding carboxylic acids is 1. The molecule has 0 amide bonds. The Morgan fingerprint density at radius 1 is 0.407 bits per heavy atom. The number of unbranched alkanes of at least 4 members (excludes halogenated alkanes) is 30. The van der Waals surface area contributed by atoms with Gasteiger partial charge in [0.2, 0.25) is 0 Å². The number of hydrogen-bond acceptors (Lipinski definition) is 14. The normalized spacial score (nSPS) is 24.1. The van der Waals surface area contributed by atoms with Crippen molar-refractivity contribution in [2.24, 2.45) is 0 Å². The van der Waals surface area contributed by atoms with Gasteiger partial charge in [0.05, 0.1) is 26.4 Å². The Labute approximate surface area is 492 Å². The van der Waals surface area contributed by atoms with Crippen LogP contribution in [0.5, 0.6) is 0 Å². The summed E-state index contributed by atoms with van der Waals surface area (Å²) >= 11 is 0. The van der Waals surface area contributed by atoms with Crippen molar-refractivity contribution < 1.29 is 69.0 Å². The Morgan fingerprint density at radius 2 is 0.765 bits per heavy atom. The minimum atomic E-state index is -1.71. The molecular formula is C67H120O14. The van der Waals surface area contributed by atoms with Crippen molar-refractivity contribution in [2.75, 3.05) is 33.0 Å². The lowest BCUT2D eigenvalue weighted by Gasteiger charge is -2.42. The lowest BCUT2D eigenvalue weighted by molar-refractivity contribution is -0.332. The zero-order valence-electron chi connectivity index (χ0n) is 51.0. The second kappa shape index (κ2) is 53.2. The van der Waals surface area contributed by atoms with Gasteiger partial charge in [0.15, 0.2) is 12.6 Å². The molecule has 2 saturated heterocycles. The third kappa shape index (κ3) is 39.1. The van der Waals surface area contributed by atoms with Crippen molar-refractivity contribution in [2.45, 2.75) is 325 Å². The smallest absolute Gasteiger partial charge is 0.306 e. The van der Waals surface area contributed by atoms with Crippen LogP contribution in [-0.4, -0.2) is 142 Å². The molecule has 0 radical (unpaired) electrons. The van der Waals surface area contributed by atoms with Gasteiger partial charge in [0.25, 0.3) is 0 Å². The van der Waals surface area contributed by atoms with Crippen LogP contribution in [-0.2, 0) is 33.2 Å². The summed E-state index contributed by atoms with van der Waals surface area (Å²) in [6.07, 6.45) is 51.4. The fourth-order valence-corrected chi connectivity index (χ4v) is 10.2. The molecule has 0 aromatic carbocycles. The highest BCUT2D eigenvalue weighted by Gasteiger charge is 2.47. The van der Waals surface area contributed by atoms with E-state index in [1.807, 2.05) is 0 Å². The largest absolute Gasteiger partial charge is 0.457 e. The molecule has 2 fully saturated rings.